The molecule has 0 radical (unpaired) electrons. The Morgan fingerprint density at radius 2 is 2.03 bits per heavy atom. The van der Waals surface area contributed by atoms with Crippen LogP contribution in [0.25, 0.3) is 0 Å². The zero-order valence-electron chi connectivity index (χ0n) is 18.0. The predicted octanol–water partition coefficient (Wildman–Crippen LogP) is 4.68. The van der Waals surface area contributed by atoms with Crippen LogP contribution in [0, 0.1) is 0 Å². The van der Waals surface area contributed by atoms with E-state index >= 15 is 0 Å². The highest BCUT2D eigenvalue weighted by Crippen LogP contribution is 2.39. The number of aromatic nitrogens is 1. The van der Waals surface area contributed by atoms with Gasteiger partial charge in [0.15, 0.2) is 0 Å². The minimum atomic E-state index is 0.0516. The standard InChI is InChI=1S/C24H28N4OS2/c1-25-11-10-23(22-4-3-15-30-22)31-19-7-5-18(6-8-19)17-28-14-13-27(2)21-9-12-26-16-20(21)24(28)29/h3-9,12,15-16,23,25H,10-11,13-14,17H2,1-2H3. The van der Waals surface area contributed by atoms with Crippen molar-refractivity contribution in [3.05, 3.63) is 76.2 Å². The van der Waals surface area contributed by atoms with Crippen molar-refractivity contribution < 1.29 is 4.79 Å². The van der Waals surface area contributed by atoms with Gasteiger partial charge >= 0.3 is 0 Å². The number of fused-ring (bicyclic) bond motifs is 1. The molecule has 3 heterocycles. The summed E-state index contributed by atoms with van der Waals surface area (Å²) < 4.78 is 0. The van der Waals surface area contributed by atoms with E-state index in [0.29, 0.717) is 23.9 Å². The molecule has 3 aromatic rings. The summed E-state index contributed by atoms with van der Waals surface area (Å²) >= 11 is 3.73. The molecule has 5 nitrogen and oxygen atoms in total. The average molecular weight is 453 g/mol. The van der Waals surface area contributed by atoms with E-state index in [0.717, 1.165) is 30.8 Å². The highest BCUT2D eigenvalue weighted by Gasteiger charge is 2.25. The van der Waals surface area contributed by atoms with Crippen LogP contribution in [0.2, 0.25) is 0 Å². The van der Waals surface area contributed by atoms with Gasteiger partial charge < -0.3 is 15.1 Å². The molecule has 0 saturated carbocycles. The van der Waals surface area contributed by atoms with Crippen LogP contribution in [-0.2, 0) is 6.54 Å². The molecule has 162 valence electrons. The van der Waals surface area contributed by atoms with Crippen LogP contribution >= 0.6 is 23.1 Å². The molecule has 0 spiro atoms. The van der Waals surface area contributed by atoms with Crippen LogP contribution in [-0.4, -0.2) is 49.5 Å². The second-order valence-electron chi connectivity index (χ2n) is 7.70. The first-order chi connectivity index (χ1) is 15.2. The van der Waals surface area contributed by atoms with Gasteiger partial charge in [-0.25, -0.2) is 0 Å². The van der Waals surface area contributed by atoms with E-state index in [1.807, 2.05) is 48.2 Å². The van der Waals surface area contributed by atoms with Crippen LogP contribution in [0.5, 0.6) is 0 Å². The molecule has 7 heteroatoms. The Kier molecular flexibility index (Phi) is 7.27. The van der Waals surface area contributed by atoms with Gasteiger partial charge in [0.1, 0.15) is 0 Å². The van der Waals surface area contributed by atoms with Crippen LogP contribution in [0.3, 0.4) is 0 Å². The van der Waals surface area contributed by atoms with Gasteiger partial charge in [-0.1, -0.05) is 18.2 Å². The molecule has 1 aromatic carbocycles. The number of likely N-dealkylation sites (N-methyl/N-ethyl adjacent to an activating group) is 1. The summed E-state index contributed by atoms with van der Waals surface area (Å²) in [5.41, 5.74) is 2.78. The molecular weight excluding hydrogens is 424 g/mol. The van der Waals surface area contributed by atoms with Gasteiger partial charge in [-0.15, -0.1) is 23.1 Å². The third-order valence-electron chi connectivity index (χ3n) is 5.52. The van der Waals surface area contributed by atoms with Crippen LogP contribution in [0.15, 0.2) is 65.1 Å². The van der Waals surface area contributed by atoms with Gasteiger partial charge in [-0.05, 0) is 55.2 Å². The fourth-order valence-corrected chi connectivity index (χ4v) is 5.87. The Balaban J connectivity index is 1.44. The first-order valence-electron chi connectivity index (χ1n) is 10.5. The summed E-state index contributed by atoms with van der Waals surface area (Å²) in [5, 5.41) is 5.86. The first kappa shape index (κ1) is 21.9. The van der Waals surface area contributed by atoms with Gasteiger partial charge in [-0.2, -0.15) is 0 Å². The minimum Gasteiger partial charge on any atom is -0.372 e. The first-order valence-corrected chi connectivity index (χ1v) is 12.3. The molecule has 0 fully saturated rings. The van der Waals surface area contributed by atoms with E-state index in [-0.39, 0.29) is 5.91 Å². The molecule has 1 unspecified atom stereocenters. The smallest absolute Gasteiger partial charge is 0.257 e. The van der Waals surface area contributed by atoms with Crippen molar-refractivity contribution in [3.63, 3.8) is 0 Å². The third kappa shape index (κ3) is 5.29. The van der Waals surface area contributed by atoms with Crippen LogP contribution < -0.4 is 10.2 Å². The SMILES string of the molecule is CNCCC(Sc1ccc(CN2CCN(C)c3ccncc3C2=O)cc1)c1cccs1. The topological polar surface area (TPSA) is 48.5 Å². The van der Waals surface area contributed by atoms with E-state index in [1.54, 1.807) is 12.4 Å². The normalized spacial score (nSPS) is 15.0. The molecule has 1 aliphatic rings. The van der Waals surface area contributed by atoms with Gasteiger partial charge in [0, 0.05) is 54.1 Å². The lowest BCUT2D eigenvalue weighted by atomic mass is 10.1. The zero-order valence-corrected chi connectivity index (χ0v) is 19.6. The number of rotatable bonds is 8. The number of carbonyl (C=O) groups excluding carboxylic acids is 1. The number of anilines is 1. The number of carbonyl (C=O) groups is 1. The van der Waals surface area contributed by atoms with Crippen molar-refractivity contribution in [2.75, 3.05) is 38.6 Å². The van der Waals surface area contributed by atoms with Crippen LogP contribution in [0.1, 0.15) is 32.5 Å². The van der Waals surface area contributed by atoms with E-state index in [2.05, 4.69) is 57.0 Å². The van der Waals surface area contributed by atoms with Crippen LogP contribution in [0.4, 0.5) is 5.69 Å². The van der Waals surface area contributed by atoms with Crippen molar-refractivity contribution >= 4 is 34.7 Å². The van der Waals surface area contributed by atoms with Gasteiger partial charge in [0.2, 0.25) is 0 Å². The number of pyridine rings is 1. The van der Waals surface area contributed by atoms with Crippen molar-refractivity contribution in [3.8, 4) is 0 Å². The summed E-state index contributed by atoms with van der Waals surface area (Å²) in [4.78, 5) is 24.0. The van der Waals surface area contributed by atoms with Crippen molar-refractivity contribution in [1.29, 1.82) is 0 Å². The highest BCUT2D eigenvalue weighted by molar-refractivity contribution is 7.99. The number of benzene rings is 1. The molecule has 2 aromatic heterocycles. The summed E-state index contributed by atoms with van der Waals surface area (Å²) in [7, 11) is 4.03. The van der Waals surface area contributed by atoms with Crippen molar-refractivity contribution in [1.82, 2.24) is 15.2 Å². The molecule has 4 rings (SSSR count). The summed E-state index contributed by atoms with van der Waals surface area (Å²) in [5.74, 6) is 0.0516. The fraction of sp³-hybridized carbons (Fsp3) is 0.333. The lowest BCUT2D eigenvalue weighted by molar-refractivity contribution is 0.0754. The summed E-state index contributed by atoms with van der Waals surface area (Å²) in [6, 6.07) is 14.9. The molecule has 0 aliphatic carbocycles. The van der Waals surface area contributed by atoms with Gasteiger partial charge in [-0.3, -0.25) is 9.78 Å². The largest absolute Gasteiger partial charge is 0.372 e. The molecular formula is C24H28N4OS2. The Morgan fingerprint density at radius 1 is 1.19 bits per heavy atom. The highest BCUT2D eigenvalue weighted by atomic mass is 32.2. The Morgan fingerprint density at radius 3 is 2.77 bits per heavy atom. The maximum absolute atomic E-state index is 13.1. The number of hydrogen-bond donors (Lipinski definition) is 1. The predicted molar refractivity (Wildman–Crippen MR) is 130 cm³/mol. The number of thioether (sulfide) groups is 1. The number of hydrogen-bond acceptors (Lipinski definition) is 6. The van der Waals surface area contributed by atoms with E-state index in [9.17, 15) is 4.79 Å². The molecule has 1 aliphatic heterocycles. The molecule has 1 amide bonds. The number of nitrogens with one attached hydrogen (secondary N) is 1. The maximum atomic E-state index is 13.1. The summed E-state index contributed by atoms with van der Waals surface area (Å²) in [6.45, 7) is 3.12. The quantitative estimate of drug-likeness (QED) is 0.503. The fourth-order valence-electron chi connectivity index (χ4n) is 3.77. The van der Waals surface area contributed by atoms with Crippen molar-refractivity contribution in [2.45, 2.75) is 23.1 Å². The molecule has 0 saturated heterocycles. The molecule has 31 heavy (non-hydrogen) atoms. The Labute approximate surface area is 192 Å². The number of thiophene rings is 1. The van der Waals surface area contributed by atoms with E-state index < -0.39 is 0 Å². The van der Waals surface area contributed by atoms with E-state index in [1.165, 1.54) is 9.77 Å². The Bertz CT molecular complexity index is 991. The number of nitrogens with zero attached hydrogens (tertiary/aromatic N) is 3. The second-order valence-corrected chi connectivity index (χ2v) is 9.95. The molecule has 1 atom stereocenters. The second kappa shape index (κ2) is 10.3. The average Bonchev–Trinajstić information content (AvgIpc) is 3.31. The molecule has 1 N–H and O–H groups in total. The minimum absolute atomic E-state index is 0.0516. The number of amides is 1. The lowest BCUT2D eigenvalue weighted by Gasteiger charge is -2.21. The maximum Gasteiger partial charge on any atom is 0.257 e. The van der Waals surface area contributed by atoms with Crippen molar-refractivity contribution in [2.24, 2.45) is 0 Å². The Hall–Kier alpha value is -2.35. The van der Waals surface area contributed by atoms with Gasteiger partial charge in [0.05, 0.1) is 11.3 Å². The van der Waals surface area contributed by atoms with Gasteiger partial charge in [0.25, 0.3) is 5.91 Å². The van der Waals surface area contributed by atoms with E-state index in [4.69, 9.17) is 0 Å². The summed E-state index contributed by atoms with van der Waals surface area (Å²) in [6.07, 6.45) is 4.52. The third-order valence-corrected chi connectivity index (χ3v) is 7.98. The monoisotopic (exact) mass is 452 g/mol. The zero-order chi connectivity index (χ0) is 21.6. The molecule has 0 bridgehead atoms. The lowest BCUT2D eigenvalue weighted by Crippen LogP contribution is -2.33.